The Labute approximate surface area is 164 Å². The molecule has 0 bridgehead atoms. The van der Waals surface area contributed by atoms with Gasteiger partial charge in [-0.15, -0.1) is 0 Å². The highest BCUT2D eigenvalue weighted by atomic mass is 16.5. The number of rotatable bonds is 6. The molecular weight excluding hydrogens is 356 g/mol. The Morgan fingerprint density at radius 1 is 1.32 bits per heavy atom. The maximum absolute atomic E-state index is 12.6. The zero-order chi connectivity index (χ0) is 19.5. The first kappa shape index (κ1) is 18.8. The van der Waals surface area contributed by atoms with E-state index in [1.165, 1.54) is 19.3 Å². The number of ether oxygens (including phenoxy) is 1. The molecule has 0 spiro atoms. The molecule has 150 valence electrons. The van der Waals surface area contributed by atoms with Gasteiger partial charge < -0.3 is 15.0 Å². The number of nitrogens with zero attached hydrogens (tertiary/aromatic N) is 3. The molecule has 0 saturated heterocycles. The summed E-state index contributed by atoms with van der Waals surface area (Å²) in [4.78, 5) is 31.4. The Morgan fingerprint density at radius 3 is 2.96 bits per heavy atom. The molecule has 1 fully saturated rings. The minimum Gasteiger partial charge on any atom is -0.494 e. The molecule has 1 aromatic carbocycles. The molecule has 4 rings (SSSR count). The van der Waals surface area contributed by atoms with Crippen molar-refractivity contribution in [3.05, 3.63) is 28.6 Å². The molecule has 1 amide bonds. The summed E-state index contributed by atoms with van der Waals surface area (Å²) in [7, 11) is 1.93. The molecule has 1 saturated carbocycles. The van der Waals surface area contributed by atoms with Crippen LogP contribution in [-0.2, 0) is 11.3 Å². The van der Waals surface area contributed by atoms with Crippen LogP contribution in [-0.4, -0.2) is 46.6 Å². The first-order chi connectivity index (χ1) is 13.6. The number of aromatic nitrogens is 2. The van der Waals surface area contributed by atoms with Crippen LogP contribution in [0.2, 0.25) is 0 Å². The summed E-state index contributed by atoms with van der Waals surface area (Å²) in [6.45, 7) is 1.82. The first-order valence-corrected chi connectivity index (χ1v) is 10.3. The van der Waals surface area contributed by atoms with Crippen LogP contribution in [0.3, 0.4) is 0 Å². The Balaban J connectivity index is 1.32. The molecule has 7 nitrogen and oxygen atoms in total. The van der Waals surface area contributed by atoms with Gasteiger partial charge in [0.1, 0.15) is 5.75 Å². The van der Waals surface area contributed by atoms with E-state index >= 15 is 0 Å². The van der Waals surface area contributed by atoms with Crippen molar-refractivity contribution < 1.29 is 9.53 Å². The van der Waals surface area contributed by atoms with E-state index in [1.54, 1.807) is 10.6 Å². The summed E-state index contributed by atoms with van der Waals surface area (Å²) >= 11 is 0. The van der Waals surface area contributed by atoms with Gasteiger partial charge in [-0.05, 0) is 37.5 Å². The third-order valence-electron chi connectivity index (χ3n) is 5.86. The van der Waals surface area contributed by atoms with E-state index in [2.05, 4.69) is 10.3 Å². The molecule has 1 aliphatic carbocycles. The van der Waals surface area contributed by atoms with E-state index in [4.69, 9.17) is 4.74 Å². The summed E-state index contributed by atoms with van der Waals surface area (Å²) in [5, 5.41) is 3.69. The van der Waals surface area contributed by atoms with Gasteiger partial charge in [-0.25, -0.2) is 4.98 Å². The van der Waals surface area contributed by atoms with Crippen molar-refractivity contribution in [2.45, 2.75) is 57.5 Å². The molecule has 2 heterocycles. The predicted octanol–water partition coefficient (Wildman–Crippen LogP) is 2.77. The van der Waals surface area contributed by atoms with Crippen molar-refractivity contribution in [1.29, 1.82) is 0 Å². The Kier molecular flexibility index (Phi) is 5.50. The number of hydrogen-bond donors (Lipinski definition) is 1. The maximum Gasteiger partial charge on any atom is 0.262 e. The van der Waals surface area contributed by atoms with Crippen molar-refractivity contribution in [2.24, 2.45) is 0 Å². The highest BCUT2D eigenvalue weighted by Gasteiger charge is 2.21. The van der Waals surface area contributed by atoms with E-state index in [0.29, 0.717) is 54.6 Å². The average molecular weight is 384 g/mol. The van der Waals surface area contributed by atoms with E-state index in [-0.39, 0.29) is 11.5 Å². The van der Waals surface area contributed by atoms with Crippen LogP contribution in [0.5, 0.6) is 5.75 Å². The summed E-state index contributed by atoms with van der Waals surface area (Å²) in [6, 6.07) is 5.80. The number of amides is 1. The second-order valence-electron chi connectivity index (χ2n) is 7.75. The minimum atomic E-state index is -0.0419. The molecule has 0 atom stereocenters. The van der Waals surface area contributed by atoms with Crippen LogP contribution < -0.4 is 15.6 Å². The number of carbonyl (C=O) groups is 1. The number of anilines is 1. The third-order valence-corrected chi connectivity index (χ3v) is 5.86. The van der Waals surface area contributed by atoms with Gasteiger partial charge in [0.05, 0.1) is 17.5 Å². The fourth-order valence-electron chi connectivity index (χ4n) is 4.17. The second kappa shape index (κ2) is 8.20. The summed E-state index contributed by atoms with van der Waals surface area (Å²) in [5.41, 5.74) is 0.627. The van der Waals surface area contributed by atoms with Crippen molar-refractivity contribution in [1.82, 2.24) is 14.5 Å². The number of carbonyl (C=O) groups excluding carboxylic acids is 1. The molecule has 1 N–H and O–H groups in total. The molecule has 2 aliphatic rings. The smallest absolute Gasteiger partial charge is 0.262 e. The van der Waals surface area contributed by atoms with E-state index in [9.17, 15) is 9.59 Å². The standard InChI is InChI=1S/C21H28N4O3/c1-24(15-6-3-2-4-7-15)19(26)8-5-13-28-16-9-10-18-17(14-16)20(27)25-12-11-22-21(25)23-18/h9-10,14-15H,2-8,11-13H2,1H3,(H,22,23). The molecular formula is C21H28N4O3. The van der Waals surface area contributed by atoms with Crippen LogP contribution in [0.15, 0.2) is 23.0 Å². The second-order valence-corrected chi connectivity index (χ2v) is 7.75. The van der Waals surface area contributed by atoms with Crippen LogP contribution >= 0.6 is 0 Å². The molecule has 2 aromatic rings. The fraction of sp³-hybridized carbons (Fsp3) is 0.571. The zero-order valence-electron chi connectivity index (χ0n) is 16.4. The van der Waals surface area contributed by atoms with Gasteiger partial charge in [-0.2, -0.15) is 0 Å². The predicted molar refractivity (Wildman–Crippen MR) is 109 cm³/mol. The van der Waals surface area contributed by atoms with Crippen molar-refractivity contribution >= 4 is 22.8 Å². The highest BCUT2D eigenvalue weighted by Crippen LogP contribution is 2.23. The van der Waals surface area contributed by atoms with Gasteiger partial charge in [-0.3, -0.25) is 14.2 Å². The summed E-state index contributed by atoms with van der Waals surface area (Å²) in [5.74, 6) is 1.47. The maximum atomic E-state index is 12.6. The van der Waals surface area contributed by atoms with E-state index in [1.807, 2.05) is 24.1 Å². The number of fused-ring (bicyclic) bond motifs is 2. The van der Waals surface area contributed by atoms with Crippen molar-refractivity contribution in [3.63, 3.8) is 0 Å². The number of nitrogens with one attached hydrogen (secondary N) is 1. The zero-order valence-corrected chi connectivity index (χ0v) is 16.4. The first-order valence-electron chi connectivity index (χ1n) is 10.3. The molecule has 28 heavy (non-hydrogen) atoms. The topological polar surface area (TPSA) is 76.5 Å². The lowest BCUT2D eigenvalue weighted by molar-refractivity contribution is -0.132. The largest absolute Gasteiger partial charge is 0.494 e. The Hall–Kier alpha value is -2.57. The van der Waals surface area contributed by atoms with Crippen molar-refractivity contribution in [2.75, 3.05) is 25.5 Å². The average Bonchev–Trinajstić information content (AvgIpc) is 3.20. The van der Waals surface area contributed by atoms with Crippen LogP contribution in [0, 0.1) is 0 Å². The summed E-state index contributed by atoms with van der Waals surface area (Å²) < 4.78 is 7.46. The molecule has 1 aliphatic heterocycles. The molecule has 0 radical (unpaired) electrons. The Bertz CT molecular complexity index is 918. The molecule has 7 heteroatoms. The van der Waals surface area contributed by atoms with E-state index in [0.717, 1.165) is 19.4 Å². The van der Waals surface area contributed by atoms with E-state index < -0.39 is 0 Å². The van der Waals surface area contributed by atoms with Gasteiger partial charge >= 0.3 is 0 Å². The van der Waals surface area contributed by atoms with Gasteiger partial charge in [0.15, 0.2) is 0 Å². The van der Waals surface area contributed by atoms with Gasteiger partial charge in [0.2, 0.25) is 11.9 Å². The van der Waals surface area contributed by atoms with Crippen LogP contribution in [0.1, 0.15) is 44.9 Å². The lowest BCUT2D eigenvalue weighted by atomic mass is 9.94. The summed E-state index contributed by atoms with van der Waals surface area (Å²) in [6.07, 6.45) is 7.14. The van der Waals surface area contributed by atoms with Gasteiger partial charge in [0.25, 0.3) is 5.56 Å². The SMILES string of the molecule is CN(C(=O)CCCOc1ccc2nc3n(c(=O)c2c1)CCN3)C1CCCCC1. The Morgan fingerprint density at radius 2 is 2.14 bits per heavy atom. The molecule has 1 aromatic heterocycles. The van der Waals surface area contributed by atoms with Crippen LogP contribution in [0.4, 0.5) is 5.95 Å². The van der Waals surface area contributed by atoms with Gasteiger partial charge in [0, 0.05) is 32.6 Å². The minimum absolute atomic E-state index is 0.0419. The lowest BCUT2D eigenvalue weighted by Crippen LogP contribution is -2.38. The lowest BCUT2D eigenvalue weighted by Gasteiger charge is -2.31. The highest BCUT2D eigenvalue weighted by molar-refractivity contribution is 5.80. The fourth-order valence-corrected chi connectivity index (χ4v) is 4.17. The number of benzene rings is 1. The normalized spacial score (nSPS) is 16.6. The van der Waals surface area contributed by atoms with Crippen molar-refractivity contribution in [3.8, 4) is 5.75 Å². The van der Waals surface area contributed by atoms with Crippen LogP contribution in [0.25, 0.3) is 10.9 Å². The van der Waals surface area contributed by atoms with Gasteiger partial charge in [-0.1, -0.05) is 19.3 Å². The monoisotopic (exact) mass is 384 g/mol. The quantitative estimate of drug-likeness (QED) is 0.775. The number of hydrogen-bond acceptors (Lipinski definition) is 5. The third kappa shape index (κ3) is 3.84. The molecule has 0 unspecified atom stereocenters.